The Balaban J connectivity index is 1.87. The van der Waals surface area contributed by atoms with Gasteiger partial charge < -0.3 is 5.32 Å². The maximum atomic E-state index is 10.7. The van der Waals surface area contributed by atoms with Gasteiger partial charge in [-0.25, -0.2) is 0 Å². The highest BCUT2D eigenvalue weighted by Gasteiger charge is 2.11. The number of nitrogens with one attached hydrogen (secondary N) is 1. The molecule has 0 fully saturated rings. The summed E-state index contributed by atoms with van der Waals surface area (Å²) in [4.78, 5) is 10.4. The summed E-state index contributed by atoms with van der Waals surface area (Å²) >= 11 is 2.00. The molecular formula is C14H17IN2O2. The van der Waals surface area contributed by atoms with Gasteiger partial charge in [-0.2, -0.15) is 0 Å². The highest BCUT2D eigenvalue weighted by atomic mass is 127. The minimum Gasteiger partial charge on any atom is -0.385 e. The van der Waals surface area contributed by atoms with Crippen molar-refractivity contribution >= 4 is 34.0 Å². The van der Waals surface area contributed by atoms with E-state index in [1.165, 1.54) is 31.3 Å². The second kappa shape index (κ2) is 6.88. The number of hydrogen-bond acceptors (Lipinski definition) is 3. The van der Waals surface area contributed by atoms with Gasteiger partial charge in [-0.1, -0.05) is 11.6 Å². The summed E-state index contributed by atoms with van der Waals surface area (Å²) in [6, 6.07) is 5.16. The summed E-state index contributed by atoms with van der Waals surface area (Å²) in [5.74, 6) is 0. The predicted octanol–water partition coefficient (Wildman–Crippen LogP) is 4.50. The fourth-order valence-electron chi connectivity index (χ4n) is 2.26. The Morgan fingerprint density at radius 1 is 1.37 bits per heavy atom. The molecule has 1 aliphatic carbocycles. The Labute approximate surface area is 126 Å². The predicted molar refractivity (Wildman–Crippen MR) is 85.5 cm³/mol. The molecule has 4 nitrogen and oxygen atoms in total. The number of nitrogens with zero attached hydrogens (tertiary/aromatic N) is 1. The van der Waals surface area contributed by atoms with E-state index in [9.17, 15) is 10.1 Å². The number of allylic oxidation sites excluding steroid dienone is 1. The topological polar surface area (TPSA) is 55.2 Å². The highest BCUT2D eigenvalue weighted by Crippen LogP contribution is 2.25. The second-order valence-corrected chi connectivity index (χ2v) is 5.87. The van der Waals surface area contributed by atoms with Gasteiger partial charge in [0.15, 0.2) is 0 Å². The van der Waals surface area contributed by atoms with Crippen molar-refractivity contribution in [1.29, 1.82) is 0 Å². The number of rotatable bonds is 5. The summed E-state index contributed by atoms with van der Waals surface area (Å²) in [6.07, 6.45) is 8.47. The van der Waals surface area contributed by atoms with Crippen LogP contribution in [0.15, 0.2) is 29.8 Å². The molecule has 1 aromatic rings. The van der Waals surface area contributed by atoms with E-state index in [4.69, 9.17) is 0 Å². The second-order valence-electron chi connectivity index (χ2n) is 4.71. The third kappa shape index (κ3) is 4.19. The normalized spacial score (nSPS) is 14.9. The summed E-state index contributed by atoms with van der Waals surface area (Å²) in [7, 11) is 0. The summed E-state index contributed by atoms with van der Waals surface area (Å²) in [5, 5.41) is 14.1. The molecule has 0 saturated heterocycles. The maximum Gasteiger partial charge on any atom is 0.282 e. The van der Waals surface area contributed by atoms with Gasteiger partial charge >= 0.3 is 0 Å². The number of nitro benzene ring substituents is 1. The maximum absolute atomic E-state index is 10.7. The zero-order valence-corrected chi connectivity index (χ0v) is 12.9. The van der Waals surface area contributed by atoms with Crippen molar-refractivity contribution < 1.29 is 4.92 Å². The Morgan fingerprint density at radius 3 is 2.84 bits per heavy atom. The van der Waals surface area contributed by atoms with Crippen LogP contribution in [0.4, 0.5) is 11.4 Å². The van der Waals surface area contributed by atoms with E-state index in [1.807, 2.05) is 28.7 Å². The Hall–Kier alpha value is -1.11. The standard InChI is InChI=1S/C14H17IN2O2/c15-13-10-12(6-7-14(13)17(18)19)16-9-8-11-4-2-1-3-5-11/h4,6-7,10,16H,1-3,5,8-9H2. The molecule has 102 valence electrons. The van der Waals surface area contributed by atoms with Gasteiger partial charge in [0.2, 0.25) is 0 Å². The lowest BCUT2D eigenvalue weighted by atomic mass is 9.97. The first kappa shape index (κ1) is 14.3. The van der Waals surface area contributed by atoms with E-state index in [0.29, 0.717) is 3.57 Å². The lowest BCUT2D eigenvalue weighted by Gasteiger charge is -2.13. The van der Waals surface area contributed by atoms with E-state index < -0.39 is 0 Å². The first-order valence-electron chi connectivity index (χ1n) is 6.52. The van der Waals surface area contributed by atoms with Crippen LogP contribution >= 0.6 is 22.6 Å². The van der Waals surface area contributed by atoms with Crippen molar-refractivity contribution in [2.75, 3.05) is 11.9 Å². The number of nitro groups is 1. The molecule has 0 heterocycles. The smallest absolute Gasteiger partial charge is 0.282 e. The fourth-order valence-corrected chi connectivity index (χ4v) is 2.98. The largest absolute Gasteiger partial charge is 0.385 e. The monoisotopic (exact) mass is 372 g/mol. The summed E-state index contributed by atoms with van der Waals surface area (Å²) < 4.78 is 0.671. The lowest BCUT2D eigenvalue weighted by Crippen LogP contribution is -2.05. The van der Waals surface area contributed by atoms with Crippen molar-refractivity contribution in [2.24, 2.45) is 0 Å². The third-order valence-corrected chi connectivity index (χ3v) is 4.17. The lowest BCUT2D eigenvalue weighted by molar-refractivity contribution is -0.385. The van der Waals surface area contributed by atoms with Crippen LogP contribution in [-0.2, 0) is 0 Å². The first-order valence-corrected chi connectivity index (χ1v) is 7.60. The molecule has 0 radical (unpaired) electrons. The molecule has 0 bridgehead atoms. The Morgan fingerprint density at radius 2 is 2.21 bits per heavy atom. The van der Waals surface area contributed by atoms with E-state index in [-0.39, 0.29) is 10.6 Å². The molecule has 0 unspecified atom stereocenters. The van der Waals surface area contributed by atoms with Crippen LogP contribution in [0.5, 0.6) is 0 Å². The molecule has 2 rings (SSSR count). The highest BCUT2D eigenvalue weighted by molar-refractivity contribution is 14.1. The third-order valence-electron chi connectivity index (χ3n) is 3.30. The van der Waals surface area contributed by atoms with Crippen LogP contribution in [-0.4, -0.2) is 11.5 Å². The number of halogens is 1. The van der Waals surface area contributed by atoms with E-state index in [1.54, 1.807) is 12.1 Å². The molecule has 0 saturated carbocycles. The van der Waals surface area contributed by atoms with Gasteiger partial charge in [0, 0.05) is 18.3 Å². The molecule has 5 heteroatoms. The minimum absolute atomic E-state index is 0.168. The van der Waals surface area contributed by atoms with Crippen LogP contribution < -0.4 is 5.32 Å². The average Bonchev–Trinajstić information content (AvgIpc) is 2.39. The van der Waals surface area contributed by atoms with Gasteiger partial charge in [-0.05, 0) is 66.8 Å². The van der Waals surface area contributed by atoms with Gasteiger partial charge in [-0.3, -0.25) is 10.1 Å². The van der Waals surface area contributed by atoms with Crippen LogP contribution in [0.1, 0.15) is 32.1 Å². The van der Waals surface area contributed by atoms with Crippen LogP contribution in [0.3, 0.4) is 0 Å². The molecule has 0 amide bonds. The van der Waals surface area contributed by atoms with Crippen molar-refractivity contribution in [3.8, 4) is 0 Å². The van der Waals surface area contributed by atoms with Gasteiger partial charge in [0.25, 0.3) is 5.69 Å². The van der Waals surface area contributed by atoms with Crippen molar-refractivity contribution in [3.63, 3.8) is 0 Å². The average molecular weight is 372 g/mol. The number of anilines is 1. The van der Waals surface area contributed by atoms with Crippen LogP contribution in [0.2, 0.25) is 0 Å². The molecule has 1 aliphatic rings. The van der Waals surface area contributed by atoms with Gasteiger partial charge in [0.05, 0.1) is 8.49 Å². The molecule has 0 atom stereocenters. The SMILES string of the molecule is O=[N+]([O-])c1ccc(NCCC2=CCCCC2)cc1I. The van der Waals surface area contributed by atoms with E-state index in [2.05, 4.69) is 11.4 Å². The molecule has 1 N–H and O–H groups in total. The van der Waals surface area contributed by atoms with Crippen molar-refractivity contribution in [2.45, 2.75) is 32.1 Å². The molecule has 0 spiro atoms. The number of benzene rings is 1. The fraction of sp³-hybridized carbons (Fsp3) is 0.429. The van der Waals surface area contributed by atoms with E-state index >= 15 is 0 Å². The minimum atomic E-state index is -0.349. The Kier molecular flexibility index (Phi) is 5.18. The van der Waals surface area contributed by atoms with Gasteiger partial charge in [-0.15, -0.1) is 0 Å². The summed E-state index contributed by atoms with van der Waals surface area (Å²) in [6.45, 7) is 0.889. The molecule has 1 aromatic carbocycles. The zero-order valence-electron chi connectivity index (χ0n) is 10.7. The van der Waals surface area contributed by atoms with Gasteiger partial charge in [0.1, 0.15) is 0 Å². The van der Waals surface area contributed by atoms with Crippen molar-refractivity contribution in [3.05, 3.63) is 43.5 Å². The molecule has 0 aromatic heterocycles. The van der Waals surface area contributed by atoms with E-state index in [0.717, 1.165) is 18.7 Å². The summed E-state index contributed by atoms with van der Waals surface area (Å²) in [5.41, 5.74) is 2.66. The molecular weight excluding hydrogens is 355 g/mol. The first-order chi connectivity index (χ1) is 9.16. The Bertz CT molecular complexity index is 500. The molecule has 0 aliphatic heterocycles. The van der Waals surface area contributed by atoms with Crippen LogP contribution in [0, 0.1) is 13.7 Å². The quantitative estimate of drug-likeness (QED) is 0.358. The van der Waals surface area contributed by atoms with Crippen LogP contribution in [0.25, 0.3) is 0 Å². The number of hydrogen-bond donors (Lipinski definition) is 1. The zero-order chi connectivity index (χ0) is 13.7. The molecule has 19 heavy (non-hydrogen) atoms. The van der Waals surface area contributed by atoms with Crippen molar-refractivity contribution in [1.82, 2.24) is 0 Å².